The van der Waals surface area contributed by atoms with Gasteiger partial charge in [-0.15, -0.1) is 0 Å². The zero-order valence-corrected chi connectivity index (χ0v) is 13.3. The number of rotatable bonds is 8. The highest BCUT2D eigenvalue weighted by atomic mass is 19.1. The molecule has 0 fully saturated rings. The summed E-state index contributed by atoms with van der Waals surface area (Å²) < 4.78 is 13.4. The van der Waals surface area contributed by atoms with Gasteiger partial charge in [0.25, 0.3) is 0 Å². The fraction of sp³-hybridized carbons (Fsp3) is 0.294. The second-order valence-corrected chi connectivity index (χ2v) is 5.07. The van der Waals surface area contributed by atoms with Crippen LogP contribution in [0.5, 0.6) is 0 Å². The minimum absolute atomic E-state index is 0.184. The smallest absolute Gasteiger partial charge is 0.160 e. The number of allylic oxidation sites excluding steroid dienone is 1. The van der Waals surface area contributed by atoms with Crippen molar-refractivity contribution in [3.8, 4) is 0 Å². The molecule has 0 saturated heterocycles. The number of hydrogen-bond acceptors (Lipinski definition) is 5. The molecular weight excluding hydrogens is 297 g/mol. The Labute approximate surface area is 135 Å². The number of hydrogen-bond donors (Lipinski definition) is 4. The Hall–Kier alpha value is -2.47. The van der Waals surface area contributed by atoms with E-state index in [1.807, 2.05) is 6.92 Å². The van der Waals surface area contributed by atoms with Crippen molar-refractivity contribution in [3.63, 3.8) is 0 Å². The van der Waals surface area contributed by atoms with Crippen LogP contribution in [0.1, 0.15) is 42.2 Å². The summed E-state index contributed by atoms with van der Waals surface area (Å²) in [7, 11) is 0. The van der Waals surface area contributed by atoms with Crippen LogP contribution in [-0.2, 0) is 0 Å². The first kappa shape index (κ1) is 18.6. The topological polar surface area (TPSA) is 99.2 Å². The van der Waals surface area contributed by atoms with Crippen LogP contribution in [-0.4, -0.2) is 23.6 Å². The molecule has 0 aliphatic carbocycles. The van der Waals surface area contributed by atoms with E-state index < -0.39 is 11.9 Å². The van der Waals surface area contributed by atoms with E-state index in [4.69, 9.17) is 11.1 Å². The lowest BCUT2D eigenvalue weighted by atomic mass is 9.91. The van der Waals surface area contributed by atoms with Crippen LogP contribution < -0.4 is 11.1 Å². The van der Waals surface area contributed by atoms with Gasteiger partial charge in [0, 0.05) is 30.9 Å². The molecule has 0 amide bonds. The molecule has 5 nitrogen and oxygen atoms in total. The number of Topliss-reactive ketones (excluding diaryl/α,β-unsaturated/α-hetero) is 1. The number of aliphatic hydroxyl groups is 1. The maximum Gasteiger partial charge on any atom is 0.160 e. The van der Waals surface area contributed by atoms with Crippen LogP contribution >= 0.6 is 0 Å². The molecule has 124 valence electrons. The number of benzene rings is 1. The van der Waals surface area contributed by atoms with Gasteiger partial charge in [0.1, 0.15) is 5.82 Å². The zero-order valence-electron chi connectivity index (χ0n) is 13.3. The number of nitrogens with two attached hydrogens (primary N) is 1. The van der Waals surface area contributed by atoms with Gasteiger partial charge in [-0.25, -0.2) is 4.39 Å². The molecule has 0 aliphatic heterocycles. The van der Waals surface area contributed by atoms with Gasteiger partial charge in [0.2, 0.25) is 0 Å². The molecule has 0 radical (unpaired) electrons. The Balaban J connectivity index is 3.13. The van der Waals surface area contributed by atoms with Crippen molar-refractivity contribution in [2.45, 2.75) is 26.3 Å². The first-order chi connectivity index (χ1) is 10.9. The highest BCUT2D eigenvalue weighted by Crippen LogP contribution is 2.27. The average molecular weight is 319 g/mol. The monoisotopic (exact) mass is 319 g/mol. The predicted octanol–water partition coefficient (Wildman–Crippen LogP) is 3.00. The molecule has 0 aromatic heterocycles. The molecule has 0 aliphatic rings. The quantitative estimate of drug-likeness (QED) is 0.336. The lowest BCUT2D eigenvalue weighted by Gasteiger charge is -2.18. The summed E-state index contributed by atoms with van der Waals surface area (Å²) in [6.07, 6.45) is 3.94. The number of aliphatic hydroxyl groups excluding tert-OH is 1. The summed E-state index contributed by atoms with van der Waals surface area (Å²) in [6, 6.07) is 3.03. The lowest BCUT2D eigenvalue weighted by Crippen LogP contribution is -2.18. The van der Waals surface area contributed by atoms with E-state index >= 15 is 0 Å². The average Bonchev–Trinajstić information content (AvgIpc) is 2.54. The van der Waals surface area contributed by atoms with E-state index in [0.717, 1.165) is 18.5 Å². The molecule has 1 unspecified atom stereocenters. The molecule has 6 heteroatoms. The van der Waals surface area contributed by atoms with E-state index in [9.17, 15) is 14.3 Å². The van der Waals surface area contributed by atoms with Crippen molar-refractivity contribution in [1.29, 1.82) is 5.41 Å². The highest BCUT2D eigenvalue weighted by Gasteiger charge is 2.19. The van der Waals surface area contributed by atoms with Gasteiger partial charge >= 0.3 is 0 Å². The van der Waals surface area contributed by atoms with Crippen LogP contribution in [0.4, 0.5) is 4.39 Å². The summed E-state index contributed by atoms with van der Waals surface area (Å²) in [4.78, 5) is 11.7. The molecule has 5 N–H and O–H groups in total. The molecule has 0 bridgehead atoms. The normalized spacial score (nSPS) is 13.6. The second-order valence-electron chi connectivity index (χ2n) is 5.07. The van der Waals surface area contributed by atoms with Crippen LogP contribution in [0.3, 0.4) is 0 Å². The molecule has 0 heterocycles. The summed E-state index contributed by atoms with van der Waals surface area (Å²) in [5.74, 6) is -0.824. The molecule has 1 aromatic carbocycles. The molecule has 1 rings (SSSR count). The summed E-state index contributed by atoms with van der Waals surface area (Å²) >= 11 is 0. The Morgan fingerprint density at radius 2 is 2.22 bits per heavy atom. The van der Waals surface area contributed by atoms with Crippen molar-refractivity contribution >= 4 is 12.0 Å². The third-order valence-corrected chi connectivity index (χ3v) is 3.38. The maximum atomic E-state index is 13.4. The number of carbonyl (C=O) groups is 1. The molecule has 0 spiro atoms. The molecule has 1 atom stereocenters. The minimum Gasteiger partial charge on any atom is -0.516 e. The highest BCUT2D eigenvalue weighted by molar-refractivity contribution is 5.95. The van der Waals surface area contributed by atoms with E-state index in [1.54, 1.807) is 6.20 Å². The molecule has 0 saturated carbocycles. The van der Waals surface area contributed by atoms with E-state index in [-0.39, 0.29) is 17.8 Å². The number of nitrogens with one attached hydrogen (secondary N) is 2. The van der Waals surface area contributed by atoms with Gasteiger partial charge in [0.05, 0.1) is 12.3 Å². The van der Waals surface area contributed by atoms with Crippen molar-refractivity contribution < 1.29 is 14.3 Å². The molecule has 23 heavy (non-hydrogen) atoms. The predicted molar refractivity (Wildman–Crippen MR) is 89.2 cm³/mol. The third kappa shape index (κ3) is 5.03. The van der Waals surface area contributed by atoms with Crippen LogP contribution in [0.25, 0.3) is 0 Å². The number of halogens is 1. The van der Waals surface area contributed by atoms with Gasteiger partial charge in [-0.1, -0.05) is 6.07 Å². The van der Waals surface area contributed by atoms with Gasteiger partial charge in [-0.05, 0) is 42.7 Å². The van der Waals surface area contributed by atoms with Crippen LogP contribution in [0.15, 0.2) is 41.8 Å². The van der Waals surface area contributed by atoms with Gasteiger partial charge in [-0.2, -0.15) is 0 Å². The van der Waals surface area contributed by atoms with Crippen molar-refractivity contribution in [2.24, 2.45) is 5.73 Å². The van der Waals surface area contributed by atoms with Crippen LogP contribution in [0, 0.1) is 11.2 Å². The Morgan fingerprint density at radius 3 is 2.74 bits per heavy atom. The molecular formula is C17H22FN3O2. The third-order valence-electron chi connectivity index (χ3n) is 3.38. The number of ketones is 1. The summed E-state index contributed by atoms with van der Waals surface area (Å²) in [6.45, 7) is 3.96. The first-order valence-electron chi connectivity index (χ1n) is 7.26. The van der Waals surface area contributed by atoms with E-state index in [1.165, 1.54) is 19.1 Å². The Bertz CT molecular complexity index is 639. The van der Waals surface area contributed by atoms with Crippen molar-refractivity contribution in [2.75, 3.05) is 6.54 Å². The second kappa shape index (κ2) is 8.85. The van der Waals surface area contributed by atoms with E-state index in [2.05, 4.69) is 5.32 Å². The molecule has 1 aromatic rings. The van der Waals surface area contributed by atoms with Gasteiger partial charge in [-0.3, -0.25) is 4.79 Å². The van der Waals surface area contributed by atoms with Crippen molar-refractivity contribution in [1.82, 2.24) is 5.32 Å². The maximum absolute atomic E-state index is 13.4. The number of carbonyl (C=O) groups excluding carboxylic acids is 1. The SMILES string of the molecule is CCN/C=C(\C=N)C/C(=C/O)C(N)c1ccc(F)cc1C(C)=O. The largest absolute Gasteiger partial charge is 0.516 e. The van der Waals surface area contributed by atoms with Crippen LogP contribution in [0.2, 0.25) is 0 Å². The van der Waals surface area contributed by atoms with Crippen molar-refractivity contribution in [3.05, 3.63) is 58.8 Å². The lowest BCUT2D eigenvalue weighted by molar-refractivity contribution is 0.101. The van der Waals surface area contributed by atoms with E-state index in [0.29, 0.717) is 23.3 Å². The summed E-state index contributed by atoms with van der Waals surface area (Å²) in [5, 5.41) is 19.9. The zero-order chi connectivity index (χ0) is 17.4. The first-order valence-corrected chi connectivity index (χ1v) is 7.26. The summed E-state index contributed by atoms with van der Waals surface area (Å²) in [5.41, 5.74) is 7.81. The van der Waals surface area contributed by atoms with Gasteiger partial charge < -0.3 is 21.6 Å². The standard InChI is InChI=1S/C17H22FN3O2/c1-3-21-9-12(8-19)6-13(10-22)17(20)15-5-4-14(18)7-16(15)11(2)23/h4-5,7-10,17,19,21-22H,3,6,20H2,1-2H3/b12-9-,13-10-,19-8?. The Kier molecular flexibility index (Phi) is 7.15. The fourth-order valence-corrected chi connectivity index (χ4v) is 2.15. The van der Waals surface area contributed by atoms with Gasteiger partial charge in [0.15, 0.2) is 5.78 Å². The minimum atomic E-state index is -0.774. The fourth-order valence-electron chi connectivity index (χ4n) is 2.15. The Morgan fingerprint density at radius 1 is 1.52 bits per heavy atom.